The highest BCUT2D eigenvalue weighted by Crippen LogP contribution is 2.44. The first-order valence-corrected chi connectivity index (χ1v) is 12.0. The van der Waals surface area contributed by atoms with Crippen LogP contribution in [0.4, 0.5) is 4.79 Å². The Bertz CT molecular complexity index is 1080. The number of hydrogen-bond acceptors (Lipinski definition) is 3. The molecule has 1 unspecified atom stereocenters. The van der Waals surface area contributed by atoms with Crippen molar-refractivity contribution >= 4 is 17.4 Å². The molecule has 5 nitrogen and oxygen atoms in total. The molecule has 2 amide bonds. The first-order valence-electron chi connectivity index (χ1n) is 11.2. The summed E-state index contributed by atoms with van der Waals surface area (Å²) in [5.41, 5.74) is 5.04. The third-order valence-electron chi connectivity index (χ3n) is 6.40. The number of nitrogens with one attached hydrogen (secondary N) is 1. The second-order valence-electron chi connectivity index (χ2n) is 8.33. The standard InChI is InChI=1S/C25H29N3O2S/c1-3-14-26-25(29)28-16-20-19-7-4-5-9-22(19)31-24(20)27-15-6-8-21(27)23(28)17-10-12-18(30-2)13-11-17/h6,8,10-13,15,23H,3-5,7,9,14,16H2,1-2H3,(H,26,29). The van der Waals surface area contributed by atoms with Gasteiger partial charge in [-0.2, -0.15) is 0 Å². The summed E-state index contributed by atoms with van der Waals surface area (Å²) < 4.78 is 7.69. The number of carbonyl (C=O) groups is 1. The number of carbonyl (C=O) groups excluding carboxylic acids is 1. The largest absolute Gasteiger partial charge is 0.497 e. The molecule has 0 radical (unpaired) electrons. The lowest BCUT2D eigenvalue weighted by molar-refractivity contribution is 0.180. The molecular weight excluding hydrogens is 406 g/mol. The summed E-state index contributed by atoms with van der Waals surface area (Å²) in [6.07, 6.45) is 7.85. The molecule has 0 saturated heterocycles. The number of hydrogen-bond donors (Lipinski definition) is 1. The van der Waals surface area contributed by atoms with Gasteiger partial charge in [-0.05, 0) is 67.5 Å². The monoisotopic (exact) mass is 435 g/mol. The Morgan fingerprint density at radius 3 is 2.74 bits per heavy atom. The summed E-state index contributed by atoms with van der Waals surface area (Å²) in [6.45, 7) is 3.40. The van der Waals surface area contributed by atoms with Gasteiger partial charge in [-0.25, -0.2) is 4.79 Å². The zero-order valence-corrected chi connectivity index (χ0v) is 19.0. The van der Waals surface area contributed by atoms with Crippen LogP contribution >= 0.6 is 11.3 Å². The molecule has 0 bridgehead atoms. The molecule has 0 saturated carbocycles. The van der Waals surface area contributed by atoms with Gasteiger partial charge in [0, 0.05) is 23.2 Å². The Kier molecular flexibility index (Phi) is 5.48. The Hall–Kier alpha value is -2.73. The van der Waals surface area contributed by atoms with Crippen molar-refractivity contribution in [3.8, 4) is 10.8 Å². The summed E-state index contributed by atoms with van der Waals surface area (Å²) in [7, 11) is 1.68. The molecule has 0 fully saturated rings. The lowest BCUT2D eigenvalue weighted by Crippen LogP contribution is -2.42. The van der Waals surface area contributed by atoms with Crippen LogP contribution in [0.1, 0.15) is 59.5 Å². The fourth-order valence-corrected chi connectivity index (χ4v) is 6.26. The van der Waals surface area contributed by atoms with Crippen molar-refractivity contribution in [3.05, 3.63) is 69.9 Å². The van der Waals surface area contributed by atoms with Gasteiger partial charge in [-0.1, -0.05) is 19.1 Å². The Morgan fingerprint density at radius 2 is 1.97 bits per heavy atom. The molecule has 6 heteroatoms. The molecule has 5 rings (SSSR count). The van der Waals surface area contributed by atoms with E-state index >= 15 is 0 Å². The third kappa shape index (κ3) is 3.53. The van der Waals surface area contributed by atoms with E-state index < -0.39 is 0 Å². The number of fused-ring (bicyclic) bond motifs is 5. The number of ether oxygens (including phenoxy) is 1. The molecule has 1 aromatic carbocycles. The van der Waals surface area contributed by atoms with E-state index in [2.05, 4.69) is 47.3 Å². The maximum absolute atomic E-state index is 13.4. The van der Waals surface area contributed by atoms with Crippen molar-refractivity contribution in [2.45, 2.75) is 51.6 Å². The summed E-state index contributed by atoms with van der Waals surface area (Å²) in [5.74, 6) is 0.822. The molecule has 2 aliphatic rings. The van der Waals surface area contributed by atoms with E-state index in [4.69, 9.17) is 4.74 Å². The predicted octanol–water partition coefficient (Wildman–Crippen LogP) is 5.45. The van der Waals surface area contributed by atoms with Crippen LogP contribution in [-0.2, 0) is 19.4 Å². The van der Waals surface area contributed by atoms with Crippen LogP contribution in [-0.4, -0.2) is 29.2 Å². The van der Waals surface area contributed by atoms with Crippen molar-refractivity contribution in [2.24, 2.45) is 0 Å². The average molecular weight is 436 g/mol. The molecule has 1 N–H and O–H groups in total. The van der Waals surface area contributed by atoms with Gasteiger partial charge in [0.15, 0.2) is 0 Å². The van der Waals surface area contributed by atoms with Crippen molar-refractivity contribution in [2.75, 3.05) is 13.7 Å². The smallest absolute Gasteiger partial charge is 0.318 e. The van der Waals surface area contributed by atoms with Crippen LogP contribution in [0.25, 0.3) is 5.00 Å². The number of nitrogens with zero attached hydrogens (tertiary/aromatic N) is 2. The number of benzene rings is 1. The number of amides is 2. The van der Waals surface area contributed by atoms with Crippen LogP contribution in [0.3, 0.4) is 0 Å². The van der Waals surface area contributed by atoms with Gasteiger partial charge in [-0.3, -0.25) is 0 Å². The van der Waals surface area contributed by atoms with E-state index in [0.717, 1.165) is 36.3 Å². The maximum Gasteiger partial charge on any atom is 0.318 e. The summed E-state index contributed by atoms with van der Waals surface area (Å²) in [5, 5.41) is 4.42. The number of rotatable bonds is 4. The molecule has 31 heavy (non-hydrogen) atoms. The zero-order chi connectivity index (χ0) is 21.4. The summed E-state index contributed by atoms with van der Waals surface area (Å²) in [6, 6.07) is 12.2. The van der Waals surface area contributed by atoms with Crippen LogP contribution in [0.5, 0.6) is 5.75 Å². The molecule has 1 aliphatic carbocycles. The number of aromatic nitrogens is 1. The van der Waals surface area contributed by atoms with Gasteiger partial charge in [0.05, 0.1) is 25.4 Å². The zero-order valence-electron chi connectivity index (χ0n) is 18.2. The summed E-state index contributed by atoms with van der Waals surface area (Å²) in [4.78, 5) is 17.0. The highest BCUT2D eigenvalue weighted by molar-refractivity contribution is 7.15. The molecule has 3 heterocycles. The molecule has 3 aromatic rings. The van der Waals surface area contributed by atoms with Gasteiger partial charge in [0.25, 0.3) is 0 Å². The van der Waals surface area contributed by atoms with Crippen molar-refractivity contribution in [3.63, 3.8) is 0 Å². The molecule has 1 aliphatic heterocycles. The van der Waals surface area contributed by atoms with Gasteiger partial charge < -0.3 is 19.5 Å². The summed E-state index contributed by atoms with van der Waals surface area (Å²) >= 11 is 1.92. The van der Waals surface area contributed by atoms with Gasteiger partial charge in [-0.15, -0.1) is 11.3 Å². The fourth-order valence-electron chi connectivity index (χ4n) is 4.86. The van der Waals surface area contributed by atoms with Crippen molar-refractivity contribution in [1.29, 1.82) is 0 Å². The Balaban J connectivity index is 1.66. The van der Waals surface area contributed by atoms with E-state index in [0.29, 0.717) is 13.1 Å². The number of urea groups is 1. The first kappa shape index (κ1) is 20.2. The highest BCUT2D eigenvalue weighted by Gasteiger charge is 2.35. The van der Waals surface area contributed by atoms with E-state index in [1.807, 2.05) is 28.4 Å². The van der Waals surface area contributed by atoms with Gasteiger partial charge in [0.2, 0.25) is 0 Å². The lowest BCUT2D eigenvalue weighted by atomic mass is 9.95. The molecule has 1 atom stereocenters. The second kappa shape index (κ2) is 8.42. The topological polar surface area (TPSA) is 46.5 Å². The van der Waals surface area contributed by atoms with Crippen molar-refractivity contribution < 1.29 is 9.53 Å². The van der Waals surface area contributed by atoms with E-state index in [9.17, 15) is 4.79 Å². The van der Waals surface area contributed by atoms with Crippen LogP contribution in [0.2, 0.25) is 0 Å². The maximum atomic E-state index is 13.4. The number of methoxy groups -OCH3 is 1. The minimum atomic E-state index is -0.156. The van der Waals surface area contributed by atoms with Crippen LogP contribution < -0.4 is 10.1 Å². The number of thiophene rings is 1. The predicted molar refractivity (Wildman–Crippen MR) is 124 cm³/mol. The molecule has 0 spiro atoms. The average Bonchev–Trinajstić information content (AvgIpc) is 3.39. The lowest BCUT2D eigenvalue weighted by Gasteiger charge is -2.31. The Morgan fingerprint density at radius 1 is 1.16 bits per heavy atom. The molecule has 2 aromatic heterocycles. The highest BCUT2D eigenvalue weighted by atomic mass is 32.1. The quantitative estimate of drug-likeness (QED) is 0.592. The van der Waals surface area contributed by atoms with E-state index in [1.165, 1.54) is 33.8 Å². The molecule has 162 valence electrons. The van der Waals surface area contributed by atoms with Crippen molar-refractivity contribution in [1.82, 2.24) is 14.8 Å². The first-order chi connectivity index (χ1) is 15.2. The second-order valence-corrected chi connectivity index (χ2v) is 9.42. The fraction of sp³-hybridized carbons (Fsp3) is 0.400. The van der Waals surface area contributed by atoms with Crippen LogP contribution in [0, 0.1) is 0 Å². The minimum absolute atomic E-state index is 0.000900. The van der Waals surface area contributed by atoms with Gasteiger partial charge in [0.1, 0.15) is 10.8 Å². The number of aryl methyl sites for hydroxylation is 1. The molecular formula is C25H29N3O2S. The van der Waals surface area contributed by atoms with Crippen LogP contribution in [0.15, 0.2) is 42.6 Å². The minimum Gasteiger partial charge on any atom is -0.497 e. The Labute approximate surface area is 187 Å². The van der Waals surface area contributed by atoms with E-state index in [1.54, 1.807) is 7.11 Å². The normalized spacial score (nSPS) is 17.4. The van der Waals surface area contributed by atoms with E-state index in [-0.39, 0.29) is 12.1 Å². The SMILES string of the molecule is CCCNC(=O)N1Cc2c(sc3c2CCCC3)-n2cccc2C1c1ccc(OC)cc1. The third-order valence-corrected chi connectivity index (χ3v) is 7.73. The van der Waals surface area contributed by atoms with Gasteiger partial charge >= 0.3 is 6.03 Å².